The van der Waals surface area contributed by atoms with Gasteiger partial charge in [0.05, 0.1) is 0 Å². The summed E-state index contributed by atoms with van der Waals surface area (Å²) in [4.78, 5) is 42.0. The van der Waals surface area contributed by atoms with Crippen molar-refractivity contribution in [2.45, 2.75) is 152 Å². The van der Waals surface area contributed by atoms with Gasteiger partial charge in [-0.15, -0.1) is 0 Å². The molecule has 2 bridgehead atoms. The van der Waals surface area contributed by atoms with Gasteiger partial charge in [-0.1, -0.05) is 164 Å². The van der Waals surface area contributed by atoms with Crippen LogP contribution < -0.4 is 0 Å². The first-order chi connectivity index (χ1) is 57.2. The molecule has 20 rings (SSSR count). The lowest BCUT2D eigenvalue weighted by atomic mass is 9.82. The van der Waals surface area contributed by atoms with Crippen molar-refractivity contribution in [1.82, 2.24) is 0 Å². The quantitative estimate of drug-likeness (QED) is 0.0886. The van der Waals surface area contributed by atoms with Gasteiger partial charge in [0.15, 0.2) is 46.2 Å². The molecule has 0 amide bonds. The van der Waals surface area contributed by atoms with Crippen LogP contribution in [0.3, 0.4) is 0 Å². The number of aromatic hydroxyl groups is 2. The van der Waals surface area contributed by atoms with E-state index < -0.39 is 0 Å². The normalized spacial score (nSPS) is 19.9. The van der Waals surface area contributed by atoms with Gasteiger partial charge >= 0.3 is 0 Å². The number of aryl methyl sites for hydroxylation is 5. The maximum absolute atomic E-state index is 12.3. The highest BCUT2D eigenvalue weighted by Crippen LogP contribution is 2.57. The Bertz CT molecular complexity index is 5130. The summed E-state index contributed by atoms with van der Waals surface area (Å²) in [7, 11) is 2.60. The molecule has 12 heteroatoms. The third kappa shape index (κ3) is 22.7. The van der Waals surface area contributed by atoms with Crippen LogP contribution in [0.25, 0.3) is 46.6 Å². The molecule has 4 unspecified atom stereocenters. The lowest BCUT2D eigenvalue weighted by molar-refractivity contribution is 0.101. The summed E-state index contributed by atoms with van der Waals surface area (Å²) < 4.78 is 2.91. The molecular weight excluding hydrogens is 1570 g/mol. The number of benzene rings is 11. The molecule has 2 N–H and O–H groups in total. The minimum absolute atomic E-state index is 0.0594. The molecule has 1 aromatic heterocycles. The fourth-order valence-electron chi connectivity index (χ4n) is 18.8. The minimum Gasteiger partial charge on any atom is -0.508 e. The summed E-state index contributed by atoms with van der Waals surface area (Å²) in [6.07, 6.45) is 22.3. The largest absolute Gasteiger partial charge is 0.508 e. The van der Waals surface area contributed by atoms with E-state index in [9.17, 15) is 24.6 Å². The Hall–Kier alpha value is -7.13. The zero-order valence-electron chi connectivity index (χ0n) is 69.8. The van der Waals surface area contributed by atoms with E-state index >= 15 is 0 Å². The predicted molar refractivity (Wildman–Crippen MR) is 519 cm³/mol. The van der Waals surface area contributed by atoms with E-state index in [0.29, 0.717) is 94.2 Å². The maximum Gasteiger partial charge on any atom is 0.211 e. The van der Waals surface area contributed by atoms with Crippen LogP contribution in [0.15, 0.2) is 257 Å². The van der Waals surface area contributed by atoms with Crippen LogP contribution in [0.2, 0.25) is 0 Å². The monoisotopic (exact) mass is 1690 g/mol. The zero-order valence-corrected chi connectivity index (χ0v) is 75.5. The molecule has 4 atom stereocenters. The van der Waals surface area contributed by atoms with Gasteiger partial charge in [0.1, 0.15) is 80.5 Å². The number of thiophene rings is 1. The van der Waals surface area contributed by atoms with Crippen LogP contribution in [-0.2, 0) is 65.4 Å². The number of phenols is 2. The van der Waals surface area contributed by atoms with E-state index in [0.717, 1.165) is 74.1 Å². The number of fused-ring (bicyclic) bond motifs is 10. The van der Waals surface area contributed by atoms with E-state index in [4.69, 9.17) is 0 Å². The second-order valence-electron chi connectivity index (χ2n) is 33.3. The number of hydrogen-bond donors (Lipinski definition) is 2. The third-order valence-electron chi connectivity index (χ3n) is 24.9. The van der Waals surface area contributed by atoms with Crippen LogP contribution in [0.5, 0.6) is 11.5 Å². The van der Waals surface area contributed by atoms with Crippen molar-refractivity contribution in [3.05, 3.63) is 287 Å². The molecule has 608 valence electrons. The molecule has 11 aromatic carbocycles. The minimum atomic E-state index is 0.0594. The molecule has 0 spiro atoms. The van der Waals surface area contributed by atoms with E-state index in [2.05, 4.69) is 166 Å². The van der Waals surface area contributed by atoms with Crippen LogP contribution in [0.1, 0.15) is 162 Å². The van der Waals surface area contributed by atoms with Crippen LogP contribution in [0.4, 0.5) is 0 Å². The Morgan fingerprint density at radius 2 is 0.726 bits per heavy atom. The van der Waals surface area contributed by atoms with E-state index in [1.54, 1.807) is 11.3 Å². The van der Waals surface area contributed by atoms with Crippen molar-refractivity contribution in [3.63, 3.8) is 0 Å². The highest BCUT2D eigenvalue weighted by atomic mass is 32.2. The average Bonchev–Trinajstić information content (AvgIpc) is 1.60. The first-order valence-electron chi connectivity index (χ1n) is 43.4. The Balaban J connectivity index is 0.000000113. The van der Waals surface area contributed by atoms with Gasteiger partial charge in [-0.2, -0.15) is 0 Å². The van der Waals surface area contributed by atoms with E-state index in [-0.39, 0.29) is 10.5 Å². The molecule has 6 aliphatic heterocycles. The number of phenolic OH excluding ortho intramolecular Hbond substituents is 2. The predicted octanol–water partition coefficient (Wildman–Crippen LogP) is 25.3. The number of carbonyl (C=O) groups excluding carboxylic acids is 3. The Morgan fingerprint density at radius 3 is 1.22 bits per heavy atom. The van der Waals surface area contributed by atoms with E-state index in [1.165, 1.54) is 233 Å². The Labute approximate surface area is 718 Å². The van der Waals surface area contributed by atoms with Gasteiger partial charge in [-0.05, 0) is 294 Å². The first-order valence-corrected chi connectivity index (χ1v) is 54.5. The molecule has 12 aromatic rings. The maximum atomic E-state index is 12.3. The average molecular weight is 1690 g/mol. The number of rotatable bonds is 13. The first kappa shape index (κ1) is 86.3. The molecule has 8 fully saturated rings. The third-order valence-corrected chi connectivity index (χ3v) is 42.3. The van der Waals surface area contributed by atoms with Gasteiger partial charge in [-0.3, -0.25) is 14.4 Å². The summed E-state index contributed by atoms with van der Waals surface area (Å²) in [6.45, 7) is 10.5. The molecule has 117 heavy (non-hydrogen) atoms. The topological polar surface area (TPSA) is 91.7 Å². The Morgan fingerprint density at radius 1 is 0.325 bits per heavy atom. The van der Waals surface area contributed by atoms with Gasteiger partial charge in [0, 0.05) is 99.0 Å². The van der Waals surface area contributed by atoms with Crippen LogP contribution in [0, 0.1) is 58.3 Å². The smallest absolute Gasteiger partial charge is 0.211 e. The fourth-order valence-corrected chi connectivity index (χ4v) is 36.4. The van der Waals surface area contributed by atoms with Gasteiger partial charge in [-0.25, -0.2) is 0 Å². The Kier molecular flexibility index (Phi) is 31.6. The van der Waals surface area contributed by atoms with Crippen molar-refractivity contribution in [3.8, 4) is 16.4 Å². The van der Waals surface area contributed by atoms with Crippen molar-refractivity contribution in [2.24, 2.45) is 23.7 Å². The second-order valence-corrected chi connectivity index (χ2v) is 48.8. The van der Waals surface area contributed by atoms with Crippen molar-refractivity contribution < 1.29 is 24.6 Å². The second kappa shape index (κ2) is 42.9. The lowest BCUT2D eigenvalue weighted by Crippen LogP contribution is -2.25. The van der Waals surface area contributed by atoms with Gasteiger partial charge in [0.2, 0.25) is 17.3 Å². The molecule has 2 saturated carbocycles. The number of carbonyl (C=O) groups is 3. The molecule has 6 saturated heterocycles. The molecule has 0 radical (unpaired) electrons. The summed E-state index contributed by atoms with van der Waals surface area (Å²) in [5.74, 6) is 24.6. The summed E-state index contributed by atoms with van der Waals surface area (Å²) >= 11 is 0. The summed E-state index contributed by atoms with van der Waals surface area (Å²) in [5, 5.41) is 27.4. The lowest BCUT2D eigenvalue weighted by Gasteiger charge is -2.19. The van der Waals surface area contributed by atoms with Gasteiger partial charge < -0.3 is 10.2 Å². The molecule has 8 aliphatic rings. The van der Waals surface area contributed by atoms with Crippen LogP contribution >= 0.6 is 10.5 Å². The molecule has 2 aliphatic carbocycles. The van der Waals surface area contributed by atoms with Crippen molar-refractivity contribution in [2.75, 3.05) is 86.3 Å². The zero-order chi connectivity index (χ0) is 81.0. The standard InChI is InChI=1S/C20H23S.C18H13S.C16H17OS.2C13H18OS.C13H17OS.C12H15OS/c1-13-6-9-20(17-5-3-2-4-16(13)17)21-11-18-14-7-8-15(10-14)19(18)12-21;1-2-8-14(9-3-1)19-17-12-6-4-10-15(17)16-11-5-7-13-18(16)19;17-16(12-18-9-3-4-10-18)15-8-7-13-5-1-2-6-14(13)11-15;1-10-8-12(9-11(2)13(10)14)15-6-4-3-5-7-15;1-10-8-12(14)9-11(2)13(10)15-6-4-3-5-7-15;14-13(12-7-3-1-4-8-12)11-15-9-5-2-6-10-15;13-12(10-14-8-4-5-9-14)11-6-2-1-3-7-11/h2-6,9,14-15,18-19H,7-8,10-12H2,1H3;1-13H;1-2,5-8,11H,3-4,9-10,12H2;2*8-9H,3-7H2,1-2H3;1,3-4,7-8H,2,5-6,9-11H2;1-3,6-7H,4-5,8-10H2/q3*+1;;;2*+1/p+2. The number of hydrogen-bond acceptors (Lipinski definition) is 5. The SMILES string of the molecule is Cc1cc(O)cc(C)c1[S+]1CCCCC1.Cc1cc([S+]2CCCCC2)cc(C)c1O.Cc1ccc([S+]2CC3C4CCC(C4)C3C2)c2ccccc12.O=C(C[S+]1CCCC1)c1ccc2ccccc2c1.O=C(C[S+]1CCCC1)c1ccccc1.O=C(C[S+]1CCCCC1)c1ccccc1.c1ccc(-[s+]2c3ccccc3c3ccccc32)cc1. The number of Topliss-reactive ketones (excluding diaryl/α,β-unsaturated/α-hetero) is 3. The molecule has 5 nitrogen and oxygen atoms in total. The molecule has 7 heterocycles. The molecular formula is C105H123O5S7+7. The van der Waals surface area contributed by atoms with E-state index in [1.807, 2.05) is 111 Å². The summed E-state index contributed by atoms with van der Waals surface area (Å²) in [5.41, 5.74) is 8.69. The van der Waals surface area contributed by atoms with Crippen molar-refractivity contribution in [1.29, 1.82) is 0 Å². The number of ketones is 3. The highest BCUT2D eigenvalue weighted by molar-refractivity contribution is 7.99. The van der Waals surface area contributed by atoms with Gasteiger partial charge in [0.25, 0.3) is 0 Å². The summed E-state index contributed by atoms with van der Waals surface area (Å²) in [6, 6.07) is 84.1. The fraction of sp³-hybridized carbons (Fsp3) is 0.381. The van der Waals surface area contributed by atoms with Crippen LogP contribution in [-0.4, -0.2) is 114 Å². The van der Waals surface area contributed by atoms with Crippen molar-refractivity contribution >= 4 is 135 Å². The highest BCUT2D eigenvalue weighted by Gasteiger charge is 2.57.